The fraction of sp³-hybridized carbons (Fsp3) is 0.273. The van der Waals surface area contributed by atoms with Crippen LogP contribution in [0.4, 0.5) is 0 Å². The Hall–Kier alpha value is -3.19. The monoisotopic (exact) mass is 425 g/mol. The van der Waals surface area contributed by atoms with Crippen molar-refractivity contribution < 1.29 is 19.1 Å². The Morgan fingerprint density at radius 1 is 1.07 bits per heavy atom. The molecule has 0 bridgehead atoms. The van der Waals surface area contributed by atoms with E-state index in [1.54, 1.807) is 11.9 Å². The fourth-order valence-corrected chi connectivity index (χ4v) is 4.84. The lowest BCUT2D eigenvalue weighted by Crippen LogP contribution is -2.62. The van der Waals surface area contributed by atoms with Gasteiger partial charge in [-0.25, -0.2) is 0 Å². The van der Waals surface area contributed by atoms with Crippen LogP contribution in [0.25, 0.3) is 10.9 Å². The summed E-state index contributed by atoms with van der Waals surface area (Å²) in [5.41, 5.74) is 3.97. The van der Waals surface area contributed by atoms with Crippen LogP contribution in [0.3, 0.4) is 0 Å². The molecule has 8 heteroatoms. The summed E-state index contributed by atoms with van der Waals surface area (Å²) >= 11 is 0. The number of nitrogens with one attached hydrogen (secondary N) is 1. The van der Waals surface area contributed by atoms with E-state index in [9.17, 15) is 9.59 Å². The summed E-state index contributed by atoms with van der Waals surface area (Å²) in [6, 6.07) is 12.9. The van der Waals surface area contributed by atoms with Gasteiger partial charge in [-0.3, -0.25) is 9.59 Å². The Morgan fingerprint density at radius 3 is 2.73 bits per heavy atom. The lowest BCUT2D eigenvalue weighted by Gasteiger charge is -2.46. The lowest BCUT2D eigenvalue weighted by atomic mass is 9.86. The second-order valence-electron chi connectivity index (χ2n) is 7.79. The minimum Gasteiger partial charge on any atom is -0.454 e. The van der Waals surface area contributed by atoms with Gasteiger partial charge in [0.05, 0.1) is 12.6 Å². The number of fused-ring (bicyclic) bond motifs is 5. The van der Waals surface area contributed by atoms with Gasteiger partial charge in [0.25, 0.3) is 0 Å². The SMILES string of the molecule is CN1CC(=O)N2[C@H](c3ccc4c(c3)OCO4)c3[nH]c4ccccc4c3C[C@@H]2C1=O.Cl. The average Bonchev–Trinajstić information content (AvgIpc) is 3.34. The third-order valence-corrected chi connectivity index (χ3v) is 6.17. The van der Waals surface area contributed by atoms with Gasteiger partial charge in [0.15, 0.2) is 11.5 Å². The molecule has 2 aromatic carbocycles. The molecule has 0 spiro atoms. The molecule has 3 aromatic rings. The van der Waals surface area contributed by atoms with Crippen molar-refractivity contribution >= 4 is 35.1 Å². The quantitative estimate of drug-likeness (QED) is 0.650. The smallest absolute Gasteiger partial charge is 0.245 e. The maximum absolute atomic E-state index is 13.1. The van der Waals surface area contributed by atoms with Crippen molar-refractivity contribution in [1.82, 2.24) is 14.8 Å². The van der Waals surface area contributed by atoms with Crippen LogP contribution in [0, 0.1) is 0 Å². The zero-order chi connectivity index (χ0) is 19.7. The van der Waals surface area contributed by atoms with Gasteiger partial charge >= 0.3 is 0 Å². The Balaban J connectivity index is 0.00000193. The van der Waals surface area contributed by atoms with Crippen molar-refractivity contribution in [1.29, 1.82) is 0 Å². The summed E-state index contributed by atoms with van der Waals surface area (Å²) < 4.78 is 11.0. The molecule has 4 heterocycles. The highest BCUT2D eigenvalue weighted by molar-refractivity contribution is 5.97. The number of carbonyl (C=O) groups is 2. The number of para-hydroxylation sites is 1. The van der Waals surface area contributed by atoms with E-state index in [2.05, 4.69) is 11.1 Å². The van der Waals surface area contributed by atoms with Crippen molar-refractivity contribution in [2.24, 2.45) is 0 Å². The number of benzene rings is 2. The number of carbonyl (C=O) groups excluding carboxylic acids is 2. The normalized spacial score (nSPS) is 22.0. The Kier molecular flexibility index (Phi) is 4.18. The number of hydrogen-bond donors (Lipinski definition) is 1. The zero-order valence-corrected chi connectivity index (χ0v) is 17.1. The van der Waals surface area contributed by atoms with Crippen LogP contribution in [-0.2, 0) is 16.0 Å². The molecular weight excluding hydrogens is 406 g/mol. The van der Waals surface area contributed by atoms with Gasteiger partial charge in [-0.05, 0) is 29.3 Å². The van der Waals surface area contributed by atoms with Gasteiger partial charge < -0.3 is 24.3 Å². The first-order valence-corrected chi connectivity index (χ1v) is 9.67. The predicted octanol–water partition coefficient (Wildman–Crippen LogP) is 2.63. The first-order chi connectivity index (χ1) is 14.1. The number of aromatic nitrogens is 1. The highest BCUT2D eigenvalue weighted by Gasteiger charge is 2.47. The van der Waals surface area contributed by atoms with Crippen LogP contribution >= 0.6 is 12.4 Å². The van der Waals surface area contributed by atoms with E-state index in [0.29, 0.717) is 17.9 Å². The van der Waals surface area contributed by atoms with Crippen LogP contribution in [0.2, 0.25) is 0 Å². The number of H-pyrrole nitrogens is 1. The van der Waals surface area contributed by atoms with Crippen molar-refractivity contribution in [2.75, 3.05) is 20.4 Å². The van der Waals surface area contributed by atoms with E-state index < -0.39 is 6.04 Å². The second kappa shape index (κ2) is 6.67. The van der Waals surface area contributed by atoms with Gasteiger partial charge in [-0.15, -0.1) is 12.4 Å². The largest absolute Gasteiger partial charge is 0.454 e. The highest BCUT2D eigenvalue weighted by atomic mass is 35.5. The van der Waals surface area contributed by atoms with Crippen LogP contribution in [0.5, 0.6) is 11.5 Å². The minimum absolute atomic E-state index is 0. The molecular formula is C22H20ClN3O4. The molecule has 0 unspecified atom stereocenters. The van der Waals surface area contributed by atoms with Crippen LogP contribution in [0.15, 0.2) is 42.5 Å². The van der Waals surface area contributed by atoms with Gasteiger partial charge in [-0.2, -0.15) is 0 Å². The third kappa shape index (κ3) is 2.51. The average molecular weight is 426 g/mol. The summed E-state index contributed by atoms with van der Waals surface area (Å²) in [4.78, 5) is 32.9. The molecule has 1 fully saturated rings. The number of rotatable bonds is 1. The molecule has 7 nitrogen and oxygen atoms in total. The maximum atomic E-state index is 13.1. The first-order valence-electron chi connectivity index (χ1n) is 9.67. The maximum Gasteiger partial charge on any atom is 0.245 e. The van der Waals surface area contributed by atoms with E-state index in [-0.39, 0.29) is 43.6 Å². The Bertz CT molecular complexity index is 1190. The lowest BCUT2D eigenvalue weighted by molar-refractivity contribution is -0.157. The second-order valence-corrected chi connectivity index (χ2v) is 7.79. The summed E-state index contributed by atoms with van der Waals surface area (Å²) in [5, 5.41) is 1.10. The van der Waals surface area contributed by atoms with Gasteiger partial charge in [0.1, 0.15) is 6.04 Å². The number of piperazine rings is 1. The summed E-state index contributed by atoms with van der Waals surface area (Å²) in [5.74, 6) is 1.28. The van der Waals surface area contributed by atoms with Crippen molar-refractivity contribution in [3.8, 4) is 11.5 Å². The molecule has 1 N–H and O–H groups in total. The molecule has 0 saturated carbocycles. The summed E-state index contributed by atoms with van der Waals surface area (Å²) in [7, 11) is 1.69. The number of aromatic amines is 1. The number of ether oxygens (including phenoxy) is 2. The Labute approximate surface area is 179 Å². The molecule has 2 amide bonds. The summed E-state index contributed by atoms with van der Waals surface area (Å²) in [6.45, 7) is 0.279. The van der Waals surface area contributed by atoms with Gasteiger partial charge in [0, 0.05) is 30.1 Å². The van der Waals surface area contributed by atoms with Crippen LogP contribution in [0.1, 0.15) is 22.9 Å². The molecule has 3 aliphatic heterocycles. The van der Waals surface area contributed by atoms with Gasteiger partial charge in [0.2, 0.25) is 18.6 Å². The van der Waals surface area contributed by atoms with E-state index in [1.165, 1.54) is 4.90 Å². The number of amides is 2. The fourth-order valence-electron chi connectivity index (χ4n) is 4.84. The molecule has 3 aliphatic rings. The van der Waals surface area contributed by atoms with E-state index in [1.807, 2.05) is 36.4 Å². The molecule has 1 saturated heterocycles. The third-order valence-electron chi connectivity index (χ3n) is 6.17. The first kappa shape index (κ1) is 18.8. The number of likely N-dealkylation sites (N-methyl/N-ethyl adjacent to an activating group) is 1. The molecule has 30 heavy (non-hydrogen) atoms. The van der Waals surface area contributed by atoms with E-state index in [4.69, 9.17) is 9.47 Å². The van der Waals surface area contributed by atoms with E-state index in [0.717, 1.165) is 27.7 Å². The van der Waals surface area contributed by atoms with E-state index >= 15 is 0 Å². The summed E-state index contributed by atoms with van der Waals surface area (Å²) in [6.07, 6.45) is 0.509. The van der Waals surface area contributed by atoms with Crippen LogP contribution in [-0.4, -0.2) is 53.0 Å². The number of nitrogens with zero attached hydrogens (tertiary/aromatic N) is 2. The molecule has 1 aromatic heterocycles. The number of halogens is 1. The zero-order valence-electron chi connectivity index (χ0n) is 16.3. The predicted molar refractivity (Wildman–Crippen MR) is 112 cm³/mol. The number of hydrogen-bond acceptors (Lipinski definition) is 4. The van der Waals surface area contributed by atoms with Crippen molar-refractivity contribution in [2.45, 2.75) is 18.5 Å². The highest BCUT2D eigenvalue weighted by Crippen LogP contribution is 2.44. The Morgan fingerprint density at radius 2 is 1.87 bits per heavy atom. The van der Waals surface area contributed by atoms with Gasteiger partial charge in [-0.1, -0.05) is 24.3 Å². The van der Waals surface area contributed by atoms with Crippen molar-refractivity contribution in [3.05, 3.63) is 59.3 Å². The molecule has 6 rings (SSSR count). The standard InChI is InChI=1S/C22H19N3O4.ClH/c1-24-10-19(26)25-16(22(24)27)9-14-13-4-2-3-5-15(13)23-20(14)21(25)12-6-7-17-18(8-12)29-11-28-17;/h2-8,16,21,23H,9-11H2,1H3;1H/t16-,21-;/m1./s1. The molecule has 0 radical (unpaired) electrons. The molecule has 0 aliphatic carbocycles. The van der Waals surface area contributed by atoms with Crippen molar-refractivity contribution in [3.63, 3.8) is 0 Å². The minimum atomic E-state index is -0.511. The topological polar surface area (TPSA) is 74.9 Å². The molecule has 154 valence electrons. The van der Waals surface area contributed by atoms with Crippen LogP contribution < -0.4 is 9.47 Å². The molecule has 2 atom stereocenters.